The number of epoxide rings is 2. The Hall–Kier alpha value is -0.0800. The standard InChI is InChI=1S/C6H8O2/c1-2-4-6(8-4)5-3(1)7-5/h3-6H,1-2H2. The van der Waals surface area contributed by atoms with E-state index >= 15 is 0 Å². The fourth-order valence-electron chi connectivity index (χ4n) is 1.68. The molecule has 0 bridgehead atoms. The molecule has 1 saturated carbocycles. The number of hydrogen-bond donors (Lipinski definition) is 0. The van der Waals surface area contributed by atoms with E-state index in [0.717, 1.165) is 0 Å². The van der Waals surface area contributed by atoms with Gasteiger partial charge in [-0.1, -0.05) is 0 Å². The van der Waals surface area contributed by atoms with Crippen molar-refractivity contribution in [2.75, 3.05) is 0 Å². The normalized spacial score (nSPS) is 66.0. The van der Waals surface area contributed by atoms with E-state index in [2.05, 4.69) is 0 Å². The van der Waals surface area contributed by atoms with Crippen molar-refractivity contribution >= 4 is 0 Å². The second kappa shape index (κ2) is 0.957. The van der Waals surface area contributed by atoms with Crippen molar-refractivity contribution in [3.05, 3.63) is 0 Å². The lowest BCUT2D eigenvalue weighted by atomic mass is 10.0. The molecule has 3 fully saturated rings. The molecule has 0 radical (unpaired) electrons. The summed E-state index contributed by atoms with van der Waals surface area (Å²) in [5.74, 6) is 0. The summed E-state index contributed by atoms with van der Waals surface area (Å²) in [5, 5.41) is 0. The lowest BCUT2D eigenvalue weighted by Crippen LogP contribution is -2.11. The summed E-state index contributed by atoms with van der Waals surface area (Å²) >= 11 is 0. The molecule has 2 nitrogen and oxygen atoms in total. The molecule has 4 atom stereocenters. The highest BCUT2D eigenvalue weighted by atomic mass is 16.7. The van der Waals surface area contributed by atoms with E-state index in [1.807, 2.05) is 0 Å². The fraction of sp³-hybridized carbons (Fsp3) is 1.00. The molecule has 3 aliphatic rings. The van der Waals surface area contributed by atoms with E-state index in [9.17, 15) is 0 Å². The summed E-state index contributed by atoms with van der Waals surface area (Å²) in [6.07, 6.45) is 4.72. The Morgan fingerprint density at radius 3 is 1.88 bits per heavy atom. The quantitative estimate of drug-likeness (QED) is 0.421. The van der Waals surface area contributed by atoms with Gasteiger partial charge in [0.15, 0.2) is 0 Å². The number of hydrogen-bond acceptors (Lipinski definition) is 2. The molecule has 0 aromatic heterocycles. The van der Waals surface area contributed by atoms with Gasteiger partial charge in [-0.2, -0.15) is 0 Å². The van der Waals surface area contributed by atoms with Crippen molar-refractivity contribution in [1.82, 2.24) is 0 Å². The number of ether oxygens (including phenoxy) is 2. The van der Waals surface area contributed by atoms with Crippen LogP contribution < -0.4 is 0 Å². The average molecular weight is 112 g/mol. The predicted octanol–water partition coefficient (Wildman–Crippen LogP) is 0.315. The first-order valence-corrected chi connectivity index (χ1v) is 3.26. The molecule has 1 aliphatic carbocycles. The Bertz CT molecular complexity index is 118. The van der Waals surface area contributed by atoms with Gasteiger partial charge in [0.2, 0.25) is 0 Å². The summed E-state index contributed by atoms with van der Waals surface area (Å²) in [4.78, 5) is 0. The number of rotatable bonds is 0. The Labute approximate surface area is 47.8 Å². The molecule has 0 spiro atoms. The van der Waals surface area contributed by atoms with Crippen molar-refractivity contribution in [3.8, 4) is 0 Å². The van der Waals surface area contributed by atoms with Crippen LogP contribution in [-0.4, -0.2) is 24.4 Å². The molecule has 8 heavy (non-hydrogen) atoms. The Morgan fingerprint density at radius 1 is 0.875 bits per heavy atom. The molecule has 2 heteroatoms. The van der Waals surface area contributed by atoms with E-state index < -0.39 is 0 Å². The van der Waals surface area contributed by atoms with E-state index in [-0.39, 0.29) is 0 Å². The summed E-state index contributed by atoms with van der Waals surface area (Å²) in [6, 6.07) is 0. The van der Waals surface area contributed by atoms with Crippen LogP contribution in [0.4, 0.5) is 0 Å². The lowest BCUT2D eigenvalue weighted by molar-refractivity contribution is 0.290. The molecule has 3 rings (SSSR count). The maximum atomic E-state index is 5.31. The molecular formula is C6H8O2. The van der Waals surface area contributed by atoms with E-state index in [0.29, 0.717) is 24.4 Å². The van der Waals surface area contributed by atoms with Crippen LogP contribution in [0.1, 0.15) is 12.8 Å². The minimum Gasteiger partial charge on any atom is -0.367 e. The van der Waals surface area contributed by atoms with Gasteiger partial charge in [0.1, 0.15) is 12.2 Å². The summed E-state index contributed by atoms with van der Waals surface area (Å²) in [5.41, 5.74) is 0. The topological polar surface area (TPSA) is 25.1 Å². The molecular weight excluding hydrogens is 104 g/mol. The van der Waals surface area contributed by atoms with Gasteiger partial charge in [-0.15, -0.1) is 0 Å². The molecule has 0 aromatic rings. The van der Waals surface area contributed by atoms with Crippen LogP contribution in [0.3, 0.4) is 0 Å². The van der Waals surface area contributed by atoms with Gasteiger partial charge in [-0.05, 0) is 12.8 Å². The van der Waals surface area contributed by atoms with Crippen LogP contribution >= 0.6 is 0 Å². The zero-order valence-corrected chi connectivity index (χ0v) is 4.54. The van der Waals surface area contributed by atoms with Gasteiger partial charge < -0.3 is 9.47 Å². The third kappa shape index (κ3) is 0.327. The van der Waals surface area contributed by atoms with Gasteiger partial charge in [0.25, 0.3) is 0 Å². The second-order valence-corrected chi connectivity index (χ2v) is 2.86. The van der Waals surface area contributed by atoms with Crippen molar-refractivity contribution in [2.45, 2.75) is 37.3 Å². The van der Waals surface area contributed by atoms with Crippen LogP contribution in [-0.2, 0) is 9.47 Å². The molecule has 2 heterocycles. The molecule has 0 aromatic carbocycles. The molecule has 0 amide bonds. The van der Waals surface area contributed by atoms with Crippen molar-refractivity contribution in [3.63, 3.8) is 0 Å². The molecule has 0 N–H and O–H groups in total. The SMILES string of the molecule is C1CC2OC2C2OC12. The zero-order valence-electron chi connectivity index (χ0n) is 4.54. The van der Waals surface area contributed by atoms with Crippen molar-refractivity contribution in [1.29, 1.82) is 0 Å². The van der Waals surface area contributed by atoms with Gasteiger partial charge in [0, 0.05) is 0 Å². The summed E-state index contributed by atoms with van der Waals surface area (Å²) in [7, 11) is 0. The first-order chi connectivity index (χ1) is 3.95. The molecule has 4 unspecified atom stereocenters. The summed E-state index contributed by atoms with van der Waals surface area (Å²) in [6.45, 7) is 0. The van der Waals surface area contributed by atoms with Crippen LogP contribution in [0.25, 0.3) is 0 Å². The van der Waals surface area contributed by atoms with Gasteiger partial charge >= 0.3 is 0 Å². The second-order valence-electron chi connectivity index (χ2n) is 2.86. The van der Waals surface area contributed by atoms with Crippen LogP contribution in [0.15, 0.2) is 0 Å². The minimum absolute atomic E-state index is 0.522. The largest absolute Gasteiger partial charge is 0.367 e. The third-order valence-electron chi connectivity index (χ3n) is 2.30. The highest BCUT2D eigenvalue weighted by molar-refractivity contribution is 5.07. The summed E-state index contributed by atoms with van der Waals surface area (Å²) < 4.78 is 10.6. The highest BCUT2D eigenvalue weighted by Gasteiger charge is 2.60. The molecule has 2 aliphatic heterocycles. The van der Waals surface area contributed by atoms with Crippen molar-refractivity contribution < 1.29 is 9.47 Å². The predicted molar refractivity (Wildman–Crippen MR) is 26.6 cm³/mol. The zero-order chi connectivity index (χ0) is 5.14. The van der Waals surface area contributed by atoms with Crippen molar-refractivity contribution in [2.24, 2.45) is 0 Å². The maximum Gasteiger partial charge on any atom is 0.113 e. The first kappa shape index (κ1) is 3.85. The van der Waals surface area contributed by atoms with Gasteiger partial charge in [-0.25, -0.2) is 0 Å². The molecule has 2 saturated heterocycles. The fourth-order valence-corrected chi connectivity index (χ4v) is 1.68. The Kier molecular flexibility index (Phi) is 0.461. The average Bonchev–Trinajstić information content (AvgIpc) is 2.59. The number of fused-ring (bicyclic) bond motifs is 3. The van der Waals surface area contributed by atoms with Crippen LogP contribution in [0.2, 0.25) is 0 Å². The van der Waals surface area contributed by atoms with E-state index in [1.54, 1.807) is 0 Å². The van der Waals surface area contributed by atoms with E-state index in [4.69, 9.17) is 9.47 Å². The van der Waals surface area contributed by atoms with Crippen LogP contribution in [0, 0.1) is 0 Å². The smallest absolute Gasteiger partial charge is 0.113 e. The lowest BCUT2D eigenvalue weighted by Gasteiger charge is -1.94. The monoisotopic (exact) mass is 112 g/mol. The third-order valence-corrected chi connectivity index (χ3v) is 2.30. The highest BCUT2D eigenvalue weighted by Crippen LogP contribution is 2.47. The molecule has 44 valence electrons. The van der Waals surface area contributed by atoms with Gasteiger partial charge in [-0.3, -0.25) is 0 Å². The minimum atomic E-state index is 0.522. The Morgan fingerprint density at radius 2 is 1.38 bits per heavy atom. The van der Waals surface area contributed by atoms with Gasteiger partial charge in [0.05, 0.1) is 12.2 Å². The van der Waals surface area contributed by atoms with E-state index in [1.165, 1.54) is 12.8 Å². The maximum absolute atomic E-state index is 5.31. The first-order valence-electron chi connectivity index (χ1n) is 3.26. The Balaban J connectivity index is 1.89. The van der Waals surface area contributed by atoms with Crippen LogP contribution in [0.5, 0.6) is 0 Å².